The lowest BCUT2D eigenvalue weighted by Crippen LogP contribution is -2.25. The maximum atomic E-state index is 12.8. The number of hydrogen-bond acceptors (Lipinski definition) is 6. The Morgan fingerprint density at radius 3 is 2.78 bits per heavy atom. The van der Waals surface area contributed by atoms with Crippen molar-refractivity contribution in [3.05, 3.63) is 47.4 Å². The van der Waals surface area contributed by atoms with Crippen molar-refractivity contribution in [1.29, 1.82) is 0 Å². The van der Waals surface area contributed by atoms with Crippen LogP contribution in [0.2, 0.25) is 5.02 Å². The first kappa shape index (κ1) is 21.8. The molecule has 4 heterocycles. The minimum absolute atomic E-state index is 0.0635. The summed E-state index contributed by atoms with van der Waals surface area (Å²) in [5.74, 6) is -0.422. The summed E-state index contributed by atoms with van der Waals surface area (Å²) in [6, 6.07) is 6.51. The average molecular weight is 456 g/mol. The Morgan fingerprint density at radius 2 is 2.03 bits per heavy atom. The largest absolute Gasteiger partial charge is 0.447 e. The lowest BCUT2D eigenvalue weighted by atomic mass is 10.2. The molecule has 10 heteroatoms. The molecule has 0 spiro atoms. The monoisotopic (exact) mass is 455 g/mol. The van der Waals surface area contributed by atoms with E-state index in [4.69, 9.17) is 16.0 Å². The summed E-state index contributed by atoms with van der Waals surface area (Å²) in [7, 11) is 0. The summed E-state index contributed by atoms with van der Waals surface area (Å²) in [5, 5.41) is 5.84. The first-order valence-electron chi connectivity index (χ1n) is 10.4. The van der Waals surface area contributed by atoms with Crippen molar-refractivity contribution >= 4 is 51.9 Å². The summed E-state index contributed by atoms with van der Waals surface area (Å²) in [4.78, 5) is 47.2. The highest BCUT2D eigenvalue weighted by molar-refractivity contribution is 6.30. The Morgan fingerprint density at radius 1 is 1.16 bits per heavy atom. The molecule has 32 heavy (non-hydrogen) atoms. The smallest absolute Gasteiger partial charge is 0.294 e. The molecule has 0 bridgehead atoms. The van der Waals surface area contributed by atoms with Gasteiger partial charge in [-0.05, 0) is 43.5 Å². The lowest BCUT2D eigenvalue weighted by Gasteiger charge is -2.14. The molecule has 0 aromatic carbocycles. The van der Waals surface area contributed by atoms with E-state index in [0.29, 0.717) is 41.3 Å². The van der Waals surface area contributed by atoms with Crippen LogP contribution in [0.5, 0.6) is 0 Å². The number of nitrogens with one attached hydrogen (secondary N) is 2. The highest BCUT2D eigenvalue weighted by Gasteiger charge is 2.24. The fourth-order valence-electron chi connectivity index (χ4n) is 3.56. The van der Waals surface area contributed by atoms with Crippen LogP contribution in [0.3, 0.4) is 0 Å². The number of nitrogens with zero attached hydrogens (tertiary/aromatic N) is 3. The minimum atomic E-state index is -0.569. The molecule has 0 atom stereocenters. The van der Waals surface area contributed by atoms with Crippen molar-refractivity contribution in [2.75, 3.05) is 23.7 Å². The number of likely N-dealkylation sites (tertiary alicyclic amines) is 1. The van der Waals surface area contributed by atoms with E-state index < -0.39 is 5.91 Å². The van der Waals surface area contributed by atoms with E-state index in [1.807, 2.05) is 4.90 Å². The van der Waals surface area contributed by atoms with Gasteiger partial charge in [0.05, 0.1) is 5.02 Å². The van der Waals surface area contributed by atoms with E-state index in [1.165, 1.54) is 6.20 Å². The number of amides is 3. The van der Waals surface area contributed by atoms with Gasteiger partial charge in [0, 0.05) is 38.3 Å². The first-order valence-corrected chi connectivity index (χ1v) is 10.8. The second-order valence-corrected chi connectivity index (χ2v) is 7.90. The molecule has 1 aliphatic rings. The van der Waals surface area contributed by atoms with Crippen LogP contribution in [0.25, 0.3) is 11.1 Å². The Bertz CT molecular complexity index is 1140. The van der Waals surface area contributed by atoms with Gasteiger partial charge in [0.25, 0.3) is 5.91 Å². The fourth-order valence-corrected chi connectivity index (χ4v) is 3.67. The molecule has 9 nitrogen and oxygen atoms in total. The van der Waals surface area contributed by atoms with Gasteiger partial charge in [-0.3, -0.25) is 19.4 Å². The maximum Gasteiger partial charge on any atom is 0.294 e. The molecule has 0 aliphatic carbocycles. The van der Waals surface area contributed by atoms with Crippen LogP contribution in [0, 0.1) is 0 Å². The van der Waals surface area contributed by atoms with E-state index in [2.05, 4.69) is 20.6 Å². The second kappa shape index (κ2) is 9.78. The molecule has 4 rings (SSSR count). The van der Waals surface area contributed by atoms with Crippen LogP contribution in [-0.4, -0.2) is 45.7 Å². The SMILES string of the molecule is O=C(CCCCN1CCCC1=O)Nc1c(C(=O)Nc2ccc(Cl)cn2)oc2cccnc12. The molecule has 0 radical (unpaired) electrons. The van der Waals surface area contributed by atoms with Gasteiger partial charge in [-0.25, -0.2) is 4.98 Å². The summed E-state index contributed by atoms with van der Waals surface area (Å²) < 4.78 is 5.68. The zero-order valence-corrected chi connectivity index (χ0v) is 18.0. The molecule has 1 saturated heterocycles. The number of hydrogen-bond donors (Lipinski definition) is 2. The van der Waals surface area contributed by atoms with Gasteiger partial charge >= 0.3 is 0 Å². The Labute approximate surface area is 189 Å². The third-order valence-electron chi connectivity index (χ3n) is 5.14. The third-order valence-corrected chi connectivity index (χ3v) is 5.36. The van der Waals surface area contributed by atoms with Gasteiger partial charge in [-0.1, -0.05) is 11.6 Å². The van der Waals surface area contributed by atoms with Crippen molar-refractivity contribution in [2.45, 2.75) is 32.1 Å². The number of pyridine rings is 2. The number of fused-ring (bicyclic) bond motifs is 1. The topological polar surface area (TPSA) is 117 Å². The number of carbonyl (C=O) groups is 3. The molecule has 166 valence electrons. The summed E-state index contributed by atoms with van der Waals surface area (Å²) in [6.45, 7) is 1.45. The number of anilines is 2. The summed E-state index contributed by atoms with van der Waals surface area (Å²) in [6.07, 6.45) is 6.09. The highest BCUT2D eigenvalue weighted by Crippen LogP contribution is 2.30. The predicted molar refractivity (Wildman–Crippen MR) is 120 cm³/mol. The Hall–Kier alpha value is -3.46. The minimum Gasteiger partial charge on any atom is -0.447 e. The van der Waals surface area contributed by atoms with Gasteiger partial charge in [-0.15, -0.1) is 0 Å². The van der Waals surface area contributed by atoms with Gasteiger partial charge in [0.2, 0.25) is 17.6 Å². The number of halogens is 1. The van der Waals surface area contributed by atoms with Crippen molar-refractivity contribution in [2.24, 2.45) is 0 Å². The standard InChI is InChI=1S/C22H22ClN5O4/c23-14-8-9-16(25-13-14)26-22(31)21-20(19-15(32-21)5-3-10-24-19)27-17(29)6-1-2-11-28-12-4-7-18(28)30/h3,5,8-10,13H,1-2,4,6-7,11-12H2,(H,27,29)(H,25,26,31). The number of unbranched alkanes of at least 4 members (excludes halogenated alkanes) is 1. The van der Waals surface area contributed by atoms with Crippen LogP contribution in [0.15, 0.2) is 41.1 Å². The van der Waals surface area contributed by atoms with E-state index in [-0.39, 0.29) is 29.7 Å². The molecule has 3 aromatic rings. The highest BCUT2D eigenvalue weighted by atomic mass is 35.5. The van der Waals surface area contributed by atoms with Crippen molar-refractivity contribution in [3.8, 4) is 0 Å². The van der Waals surface area contributed by atoms with Crippen molar-refractivity contribution in [3.63, 3.8) is 0 Å². The van der Waals surface area contributed by atoms with Gasteiger partial charge in [-0.2, -0.15) is 0 Å². The molecule has 3 aromatic heterocycles. The molecular weight excluding hydrogens is 434 g/mol. The van der Waals surface area contributed by atoms with Crippen LogP contribution in [0.4, 0.5) is 11.5 Å². The van der Waals surface area contributed by atoms with Crippen molar-refractivity contribution in [1.82, 2.24) is 14.9 Å². The molecule has 1 fully saturated rings. The summed E-state index contributed by atoms with van der Waals surface area (Å²) >= 11 is 5.83. The number of carbonyl (C=O) groups excluding carboxylic acids is 3. The zero-order chi connectivity index (χ0) is 22.5. The molecule has 3 amide bonds. The molecular formula is C22H22ClN5O4. The lowest BCUT2D eigenvalue weighted by molar-refractivity contribution is -0.127. The van der Waals surface area contributed by atoms with Crippen molar-refractivity contribution < 1.29 is 18.8 Å². The quantitative estimate of drug-likeness (QED) is 0.498. The normalized spacial score (nSPS) is 13.5. The second-order valence-electron chi connectivity index (χ2n) is 7.46. The van der Waals surface area contributed by atoms with E-state index in [9.17, 15) is 14.4 Å². The molecule has 2 N–H and O–H groups in total. The first-order chi connectivity index (χ1) is 15.5. The summed E-state index contributed by atoms with van der Waals surface area (Å²) in [5.41, 5.74) is 0.981. The van der Waals surface area contributed by atoms with Crippen LogP contribution in [0.1, 0.15) is 42.7 Å². The van der Waals surface area contributed by atoms with Gasteiger partial charge in [0.1, 0.15) is 17.0 Å². The molecule has 1 aliphatic heterocycles. The zero-order valence-electron chi connectivity index (χ0n) is 17.3. The van der Waals surface area contributed by atoms with Gasteiger partial charge in [0.15, 0.2) is 5.58 Å². The van der Waals surface area contributed by atoms with Gasteiger partial charge < -0.3 is 20.0 Å². The van der Waals surface area contributed by atoms with Crippen LogP contribution in [-0.2, 0) is 9.59 Å². The third kappa shape index (κ3) is 5.05. The number of aromatic nitrogens is 2. The Balaban J connectivity index is 1.42. The molecule has 0 saturated carbocycles. The average Bonchev–Trinajstić information content (AvgIpc) is 3.36. The maximum absolute atomic E-state index is 12.8. The van der Waals surface area contributed by atoms with Crippen LogP contribution < -0.4 is 10.6 Å². The molecule has 0 unspecified atom stereocenters. The fraction of sp³-hybridized carbons (Fsp3) is 0.318. The van der Waals surface area contributed by atoms with E-state index in [0.717, 1.165) is 19.4 Å². The van der Waals surface area contributed by atoms with Crippen LogP contribution >= 0.6 is 11.6 Å². The number of rotatable bonds is 8. The van der Waals surface area contributed by atoms with E-state index >= 15 is 0 Å². The Kier molecular flexibility index (Phi) is 6.65. The predicted octanol–water partition coefficient (Wildman–Crippen LogP) is 3.86. The van der Waals surface area contributed by atoms with E-state index in [1.54, 1.807) is 30.5 Å². The number of furan rings is 1.